The van der Waals surface area contributed by atoms with E-state index in [4.69, 9.17) is 5.41 Å². The number of carbonyl (C=O) groups is 1. The Labute approximate surface area is 55.8 Å². The van der Waals surface area contributed by atoms with Crippen LogP contribution in [0.3, 0.4) is 0 Å². The Morgan fingerprint density at radius 3 is 2.67 bits per heavy atom. The summed E-state index contributed by atoms with van der Waals surface area (Å²) in [5, 5.41) is 7.04. The first-order valence-electron chi connectivity index (χ1n) is 3.25. The van der Waals surface area contributed by atoms with Crippen molar-refractivity contribution in [2.75, 3.05) is 0 Å². The lowest BCUT2D eigenvalue weighted by atomic mass is 10.1. The molecule has 0 spiro atoms. The Balaban J connectivity index is 2.91. The molecule has 0 saturated carbocycles. The Kier molecular flexibility index (Phi) is 5.07. The lowest BCUT2D eigenvalue weighted by Gasteiger charge is -1.93. The molecule has 9 heavy (non-hydrogen) atoms. The molecule has 0 heterocycles. The highest BCUT2D eigenvalue weighted by molar-refractivity contribution is 5.78. The second kappa shape index (κ2) is 5.48. The third-order valence-corrected chi connectivity index (χ3v) is 1.12. The number of aldehydes is 1. The lowest BCUT2D eigenvalue weighted by Crippen LogP contribution is -1.87. The van der Waals surface area contributed by atoms with E-state index in [0.717, 1.165) is 25.5 Å². The smallest absolute Gasteiger partial charge is 0.119 e. The zero-order valence-electron chi connectivity index (χ0n) is 5.81. The second-order valence-electron chi connectivity index (χ2n) is 2.19. The van der Waals surface area contributed by atoms with E-state index in [2.05, 4.69) is 0 Å². The van der Waals surface area contributed by atoms with Crippen LogP contribution in [0.2, 0.25) is 0 Å². The molecule has 2 nitrogen and oxygen atoms in total. The summed E-state index contributed by atoms with van der Waals surface area (Å²) in [4.78, 5) is 9.80. The zero-order chi connectivity index (χ0) is 7.11. The van der Waals surface area contributed by atoms with Crippen LogP contribution in [0.15, 0.2) is 0 Å². The molecular weight excluding hydrogens is 114 g/mol. The monoisotopic (exact) mass is 127 g/mol. The molecule has 2 heteroatoms. The van der Waals surface area contributed by atoms with Gasteiger partial charge in [0.25, 0.3) is 0 Å². The molecule has 1 N–H and O–H groups in total. The fraction of sp³-hybridized carbons (Fsp3) is 0.714. The van der Waals surface area contributed by atoms with Crippen molar-refractivity contribution in [1.82, 2.24) is 0 Å². The molecule has 0 aliphatic heterocycles. The molecule has 0 aromatic heterocycles. The highest BCUT2D eigenvalue weighted by atomic mass is 16.1. The van der Waals surface area contributed by atoms with E-state index < -0.39 is 0 Å². The van der Waals surface area contributed by atoms with Crippen LogP contribution >= 0.6 is 0 Å². The van der Waals surface area contributed by atoms with E-state index >= 15 is 0 Å². The molecule has 0 atom stereocenters. The van der Waals surface area contributed by atoms with Crippen LogP contribution < -0.4 is 0 Å². The first-order chi connectivity index (χ1) is 4.27. The summed E-state index contributed by atoms with van der Waals surface area (Å²) < 4.78 is 0. The van der Waals surface area contributed by atoms with Crippen LogP contribution in [0.5, 0.6) is 0 Å². The van der Waals surface area contributed by atoms with Gasteiger partial charge in [0.1, 0.15) is 6.29 Å². The fourth-order valence-corrected chi connectivity index (χ4v) is 0.618. The third-order valence-electron chi connectivity index (χ3n) is 1.12. The minimum atomic E-state index is 0.646. The van der Waals surface area contributed by atoms with E-state index in [9.17, 15) is 4.79 Å². The number of carbonyl (C=O) groups excluding carboxylic acids is 1. The number of hydrogen-bond donors (Lipinski definition) is 1. The number of rotatable bonds is 5. The van der Waals surface area contributed by atoms with Gasteiger partial charge in [-0.05, 0) is 26.2 Å². The van der Waals surface area contributed by atoms with Gasteiger partial charge in [0, 0.05) is 12.1 Å². The maximum atomic E-state index is 9.80. The van der Waals surface area contributed by atoms with E-state index in [0.29, 0.717) is 12.1 Å². The average Bonchev–Trinajstić information content (AvgIpc) is 1.80. The molecule has 52 valence electrons. The van der Waals surface area contributed by atoms with Crippen LogP contribution in [0, 0.1) is 5.41 Å². The van der Waals surface area contributed by atoms with Crippen molar-refractivity contribution >= 4 is 12.0 Å². The molecular formula is C7H13NO. The second-order valence-corrected chi connectivity index (χ2v) is 2.19. The quantitative estimate of drug-likeness (QED) is 0.341. The highest BCUT2D eigenvalue weighted by Gasteiger charge is 1.88. The number of unbranched alkanes of at least 4 members (excludes halogenated alkanes) is 2. The summed E-state index contributed by atoms with van der Waals surface area (Å²) in [7, 11) is 0. The van der Waals surface area contributed by atoms with Gasteiger partial charge in [-0.3, -0.25) is 0 Å². The molecule has 0 aromatic rings. The van der Waals surface area contributed by atoms with Crippen LogP contribution in [0.4, 0.5) is 0 Å². The Hall–Kier alpha value is -0.660. The Morgan fingerprint density at radius 1 is 1.56 bits per heavy atom. The summed E-state index contributed by atoms with van der Waals surface area (Å²) >= 11 is 0. The average molecular weight is 127 g/mol. The van der Waals surface area contributed by atoms with E-state index in [-0.39, 0.29) is 0 Å². The Bertz CT molecular complexity index is 99.1. The van der Waals surface area contributed by atoms with Gasteiger partial charge >= 0.3 is 0 Å². The van der Waals surface area contributed by atoms with Crippen molar-refractivity contribution in [3.8, 4) is 0 Å². The van der Waals surface area contributed by atoms with Gasteiger partial charge < -0.3 is 10.2 Å². The molecule has 0 radical (unpaired) electrons. The van der Waals surface area contributed by atoms with Gasteiger partial charge in [-0.1, -0.05) is 0 Å². The summed E-state index contributed by atoms with van der Waals surface area (Å²) in [6, 6.07) is 0. The van der Waals surface area contributed by atoms with Crippen LogP contribution in [0.25, 0.3) is 0 Å². The van der Waals surface area contributed by atoms with Crippen molar-refractivity contribution in [2.45, 2.75) is 32.6 Å². The maximum absolute atomic E-state index is 9.80. The van der Waals surface area contributed by atoms with Gasteiger partial charge in [-0.15, -0.1) is 0 Å². The summed E-state index contributed by atoms with van der Waals surface area (Å²) in [5.74, 6) is 0. The molecule has 0 saturated heterocycles. The molecule has 0 aliphatic rings. The topological polar surface area (TPSA) is 40.9 Å². The van der Waals surface area contributed by atoms with Crippen molar-refractivity contribution in [2.24, 2.45) is 0 Å². The third kappa shape index (κ3) is 7.34. The molecule has 0 fully saturated rings. The van der Waals surface area contributed by atoms with Crippen molar-refractivity contribution in [3.63, 3.8) is 0 Å². The SMILES string of the molecule is CC(=N)CCCCC=O. The van der Waals surface area contributed by atoms with Crippen molar-refractivity contribution < 1.29 is 4.79 Å². The molecule has 0 amide bonds. The minimum absolute atomic E-state index is 0.646. The van der Waals surface area contributed by atoms with E-state index in [1.807, 2.05) is 0 Å². The molecule has 0 unspecified atom stereocenters. The predicted molar refractivity (Wildman–Crippen MR) is 37.9 cm³/mol. The molecule has 0 rings (SSSR count). The summed E-state index contributed by atoms with van der Waals surface area (Å²) in [5.41, 5.74) is 0.709. The van der Waals surface area contributed by atoms with Crippen LogP contribution in [0.1, 0.15) is 32.6 Å². The zero-order valence-corrected chi connectivity index (χ0v) is 5.81. The largest absolute Gasteiger partial charge is 0.310 e. The summed E-state index contributed by atoms with van der Waals surface area (Å²) in [6.07, 6.45) is 4.33. The fourth-order valence-electron chi connectivity index (χ4n) is 0.618. The maximum Gasteiger partial charge on any atom is 0.119 e. The number of hydrogen-bond acceptors (Lipinski definition) is 2. The molecule has 0 aromatic carbocycles. The van der Waals surface area contributed by atoms with Gasteiger partial charge in [0.2, 0.25) is 0 Å². The van der Waals surface area contributed by atoms with Crippen molar-refractivity contribution in [3.05, 3.63) is 0 Å². The minimum Gasteiger partial charge on any atom is -0.310 e. The van der Waals surface area contributed by atoms with Gasteiger partial charge in [0.05, 0.1) is 0 Å². The highest BCUT2D eigenvalue weighted by Crippen LogP contribution is 1.97. The molecule has 0 aliphatic carbocycles. The molecule has 0 bridgehead atoms. The first kappa shape index (κ1) is 8.34. The first-order valence-corrected chi connectivity index (χ1v) is 3.25. The van der Waals surface area contributed by atoms with Gasteiger partial charge in [0.15, 0.2) is 0 Å². The summed E-state index contributed by atoms with van der Waals surface area (Å²) in [6.45, 7) is 1.79. The van der Waals surface area contributed by atoms with E-state index in [1.165, 1.54) is 0 Å². The van der Waals surface area contributed by atoms with Gasteiger partial charge in [-0.25, -0.2) is 0 Å². The van der Waals surface area contributed by atoms with Gasteiger partial charge in [-0.2, -0.15) is 0 Å². The number of nitrogens with one attached hydrogen (secondary N) is 1. The van der Waals surface area contributed by atoms with Crippen LogP contribution in [-0.2, 0) is 4.79 Å². The lowest BCUT2D eigenvalue weighted by molar-refractivity contribution is -0.107. The predicted octanol–water partition coefficient (Wildman–Crippen LogP) is 1.79. The normalized spacial score (nSPS) is 9.00. The Morgan fingerprint density at radius 2 is 2.22 bits per heavy atom. The standard InChI is InChI=1S/C7H13NO/c1-7(8)5-3-2-4-6-9/h6,8H,2-5H2,1H3. The van der Waals surface area contributed by atoms with Crippen molar-refractivity contribution in [1.29, 1.82) is 5.41 Å². The van der Waals surface area contributed by atoms with E-state index in [1.54, 1.807) is 6.92 Å². The van der Waals surface area contributed by atoms with Crippen LogP contribution in [-0.4, -0.2) is 12.0 Å².